The summed E-state index contributed by atoms with van der Waals surface area (Å²) in [5.41, 5.74) is 0.709. The van der Waals surface area contributed by atoms with Crippen LogP contribution in [0.2, 0.25) is 5.02 Å². The van der Waals surface area contributed by atoms with Crippen molar-refractivity contribution >= 4 is 11.6 Å². The van der Waals surface area contributed by atoms with Crippen molar-refractivity contribution in [3.05, 3.63) is 35.2 Å². The lowest BCUT2D eigenvalue weighted by Crippen LogP contribution is -2.46. The second kappa shape index (κ2) is 9.69. The van der Waals surface area contributed by atoms with E-state index < -0.39 is 12.8 Å². The number of ether oxygens (including phenoxy) is 1. The lowest BCUT2D eigenvalue weighted by atomic mass is 10.2. The highest BCUT2D eigenvalue weighted by atomic mass is 35.5. The van der Waals surface area contributed by atoms with E-state index in [9.17, 15) is 13.2 Å². The number of rotatable bonds is 8. The largest absolute Gasteiger partial charge is 0.419 e. The third kappa shape index (κ3) is 6.44. The molecule has 1 aromatic heterocycles. The standard InChI is InChI=1S/C18H22ClF3N4O2/c19-15-5-2-1-4-14(15)17-24-23-16(28-17)12-26-9-7-25(8-10-26)6-3-11-27-13-18(20,21)22/h1-2,4-5H,3,6-13H2. The molecule has 2 aromatic rings. The molecule has 28 heavy (non-hydrogen) atoms. The van der Waals surface area contributed by atoms with Crippen LogP contribution in [0.25, 0.3) is 11.5 Å². The summed E-state index contributed by atoms with van der Waals surface area (Å²) in [6, 6.07) is 7.30. The predicted octanol–water partition coefficient (Wildman–Crippen LogP) is 3.48. The molecule has 0 N–H and O–H groups in total. The Morgan fingerprint density at radius 1 is 1.07 bits per heavy atom. The van der Waals surface area contributed by atoms with Gasteiger partial charge in [0.05, 0.1) is 17.1 Å². The average molecular weight is 419 g/mol. The molecular formula is C18H22ClF3N4O2. The van der Waals surface area contributed by atoms with Crippen LogP contribution in [0.3, 0.4) is 0 Å². The molecule has 0 atom stereocenters. The molecule has 154 valence electrons. The van der Waals surface area contributed by atoms with Crippen molar-refractivity contribution < 1.29 is 22.3 Å². The maximum absolute atomic E-state index is 12.0. The van der Waals surface area contributed by atoms with Gasteiger partial charge in [-0.1, -0.05) is 23.7 Å². The summed E-state index contributed by atoms with van der Waals surface area (Å²) in [4.78, 5) is 4.43. The fourth-order valence-electron chi connectivity index (χ4n) is 3.00. The lowest BCUT2D eigenvalue weighted by molar-refractivity contribution is -0.174. The van der Waals surface area contributed by atoms with Crippen LogP contribution in [0, 0.1) is 0 Å². The first-order chi connectivity index (χ1) is 13.4. The van der Waals surface area contributed by atoms with E-state index in [1.165, 1.54) is 0 Å². The van der Waals surface area contributed by atoms with Gasteiger partial charge in [-0.25, -0.2) is 0 Å². The molecule has 0 saturated carbocycles. The smallest absolute Gasteiger partial charge is 0.411 e. The van der Waals surface area contributed by atoms with Gasteiger partial charge in [-0.05, 0) is 18.6 Å². The summed E-state index contributed by atoms with van der Waals surface area (Å²) in [5, 5.41) is 8.73. The first-order valence-corrected chi connectivity index (χ1v) is 9.45. The summed E-state index contributed by atoms with van der Waals surface area (Å²) in [7, 11) is 0. The molecule has 1 saturated heterocycles. The molecule has 6 nitrogen and oxygen atoms in total. The Morgan fingerprint density at radius 3 is 2.50 bits per heavy atom. The van der Waals surface area contributed by atoms with Gasteiger partial charge in [0.1, 0.15) is 6.61 Å². The van der Waals surface area contributed by atoms with Crippen molar-refractivity contribution in [2.24, 2.45) is 0 Å². The summed E-state index contributed by atoms with van der Waals surface area (Å²) in [5.74, 6) is 0.932. The summed E-state index contributed by atoms with van der Waals surface area (Å²) in [6.07, 6.45) is -3.67. The quantitative estimate of drug-likeness (QED) is 0.612. The zero-order valence-corrected chi connectivity index (χ0v) is 16.0. The Kier molecular flexibility index (Phi) is 7.28. The van der Waals surface area contributed by atoms with Gasteiger partial charge in [0.25, 0.3) is 0 Å². The summed E-state index contributed by atoms with van der Waals surface area (Å²) in [6.45, 7) is 3.55. The minimum absolute atomic E-state index is 0.118. The van der Waals surface area contributed by atoms with E-state index in [1.54, 1.807) is 6.07 Å². The van der Waals surface area contributed by atoms with Crippen molar-refractivity contribution in [1.29, 1.82) is 0 Å². The highest BCUT2D eigenvalue weighted by Gasteiger charge is 2.27. The van der Waals surface area contributed by atoms with E-state index >= 15 is 0 Å². The molecule has 0 bridgehead atoms. The van der Waals surface area contributed by atoms with E-state index in [0.717, 1.165) is 32.7 Å². The maximum Gasteiger partial charge on any atom is 0.411 e. The van der Waals surface area contributed by atoms with Crippen molar-refractivity contribution in [2.45, 2.75) is 19.1 Å². The molecule has 0 unspecified atom stereocenters. The van der Waals surface area contributed by atoms with Gasteiger partial charge < -0.3 is 14.1 Å². The van der Waals surface area contributed by atoms with Crippen molar-refractivity contribution in [1.82, 2.24) is 20.0 Å². The zero-order valence-electron chi connectivity index (χ0n) is 15.3. The van der Waals surface area contributed by atoms with Crippen LogP contribution in [0.15, 0.2) is 28.7 Å². The molecule has 1 aliphatic heterocycles. The van der Waals surface area contributed by atoms with Crippen LogP contribution in [0.1, 0.15) is 12.3 Å². The fraction of sp³-hybridized carbons (Fsp3) is 0.556. The Balaban J connectivity index is 1.38. The monoisotopic (exact) mass is 418 g/mol. The number of benzene rings is 1. The average Bonchev–Trinajstić information content (AvgIpc) is 3.10. The van der Waals surface area contributed by atoms with Gasteiger partial charge in [0.2, 0.25) is 11.8 Å². The Hall–Kier alpha value is -1.68. The van der Waals surface area contributed by atoms with Crippen molar-refractivity contribution in [3.63, 3.8) is 0 Å². The number of piperazine rings is 1. The molecule has 0 radical (unpaired) electrons. The van der Waals surface area contributed by atoms with Gasteiger partial charge in [0.15, 0.2) is 0 Å². The second-order valence-corrected chi connectivity index (χ2v) is 7.03. The molecule has 10 heteroatoms. The van der Waals surface area contributed by atoms with E-state index in [4.69, 9.17) is 16.0 Å². The molecule has 0 spiro atoms. The molecule has 1 fully saturated rings. The van der Waals surface area contributed by atoms with E-state index in [2.05, 4.69) is 24.7 Å². The molecule has 0 amide bonds. The normalized spacial score (nSPS) is 16.6. The summed E-state index contributed by atoms with van der Waals surface area (Å²) >= 11 is 6.15. The lowest BCUT2D eigenvalue weighted by Gasteiger charge is -2.33. The predicted molar refractivity (Wildman–Crippen MR) is 98.0 cm³/mol. The van der Waals surface area contributed by atoms with E-state index in [-0.39, 0.29) is 6.61 Å². The van der Waals surface area contributed by atoms with Crippen molar-refractivity contribution in [3.8, 4) is 11.5 Å². The van der Waals surface area contributed by atoms with Crippen LogP contribution in [-0.4, -0.2) is 72.1 Å². The van der Waals surface area contributed by atoms with Crippen LogP contribution in [0.5, 0.6) is 0 Å². The van der Waals surface area contributed by atoms with E-state index in [1.807, 2.05) is 18.2 Å². The van der Waals surface area contributed by atoms with E-state index in [0.29, 0.717) is 35.3 Å². The minimum Gasteiger partial charge on any atom is -0.419 e. The van der Waals surface area contributed by atoms with Crippen molar-refractivity contribution in [2.75, 3.05) is 45.9 Å². The first kappa shape index (κ1) is 21.0. The van der Waals surface area contributed by atoms with Gasteiger partial charge in [-0.2, -0.15) is 13.2 Å². The number of aromatic nitrogens is 2. The van der Waals surface area contributed by atoms with Gasteiger partial charge >= 0.3 is 6.18 Å². The third-order valence-electron chi connectivity index (χ3n) is 4.42. The number of halogens is 4. The maximum atomic E-state index is 12.0. The summed E-state index contributed by atoms with van der Waals surface area (Å²) < 4.78 is 46.4. The fourth-order valence-corrected chi connectivity index (χ4v) is 3.22. The molecule has 3 rings (SSSR count). The van der Waals surface area contributed by atoms with Crippen LogP contribution in [-0.2, 0) is 11.3 Å². The topological polar surface area (TPSA) is 54.6 Å². The van der Waals surface area contributed by atoms with Gasteiger partial charge in [0, 0.05) is 39.3 Å². The SMILES string of the molecule is FC(F)(F)COCCCN1CCN(Cc2nnc(-c3ccccc3Cl)o2)CC1. The van der Waals surface area contributed by atoms with Crippen LogP contribution >= 0.6 is 11.6 Å². The minimum atomic E-state index is -4.26. The zero-order chi connectivity index (χ0) is 20.0. The molecule has 1 aliphatic rings. The number of hydrogen-bond donors (Lipinski definition) is 0. The first-order valence-electron chi connectivity index (χ1n) is 9.07. The van der Waals surface area contributed by atoms with Crippen LogP contribution < -0.4 is 0 Å². The highest BCUT2D eigenvalue weighted by Crippen LogP contribution is 2.26. The number of alkyl halides is 3. The Morgan fingerprint density at radius 2 is 1.79 bits per heavy atom. The Labute approximate surface area is 166 Å². The highest BCUT2D eigenvalue weighted by molar-refractivity contribution is 6.33. The van der Waals surface area contributed by atoms with Gasteiger partial charge in [-0.15, -0.1) is 10.2 Å². The third-order valence-corrected chi connectivity index (χ3v) is 4.75. The molecule has 0 aliphatic carbocycles. The number of hydrogen-bond acceptors (Lipinski definition) is 6. The van der Waals surface area contributed by atoms with Gasteiger partial charge in [-0.3, -0.25) is 4.90 Å². The second-order valence-electron chi connectivity index (χ2n) is 6.62. The number of nitrogens with zero attached hydrogens (tertiary/aromatic N) is 4. The Bertz CT molecular complexity index is 748. The molecular weight excluding hydrogens is 397 g/mol. The molecule has 2 heterocycles. The van der Waals surface area contributed by atoms with Crippen LogP contribution in [0.4, 0.5) is 13.2 Å². The molecule has 1 aromatic carbocycles.